The topological polar surface area (TPSA) is 67.6 Å². The summed E-state index contributed by atoms with van der Waals surface area (Å²) in [6.45, 7) is 4.07. The Morgan fingerprint density at radius 1 is 1.35 bits per heavy atom. The van der Waals surface area contributed by atoms with E-state index >= 15 is 0 Å². The van der Waals surface area contributed by atoms with Crippen LogP contribution in [-0.2, 0) is 16.1 Å². The Balaban J connectivity index is 0.00000312. The smallest absolute Gasteiger partial charge is 0.222 e. The Morgan fingerprint density at radius 3 is 2.58 bits per heavy atom. The van der Waals surface area contributed by atoms with Crippen molar-refractivity contribution in [3.05, 3.63) is 34.9 Å². The molecule has 0 radical (unpaired) electrons. The van der Waals surface area contributed by atoms with Gasteiger partial charge in [0.25, 0.3) is 0 Å². The van der Waals surface area contributed by atoms with E-state index in [9.17, 15) is 4.79 Å². The van der Waals surface area contributed by atoms with Crippen molar-refractivity contribution in [3.63, 3.8) is 0 Å². The summed E-state index contributed by atoms with van der Waals surface area (Å²) in [6.07, 6.45) is 2.32. The van der Waals surface area contributed by atoms with Crippen LogP contribution in [0.2, 0.25) is 5.02 Å². The quantitative estimate of drug-likeness (QED) is 0.671. The van der Waals surface area contributed by atoms with E-state index in [1.165, 1.54) is 5.56 Å². The second kappa shape index (κ2) is 13.6. The van der Waals surface area contributed by atoms with Gasteiger partial charge in [-0.2, -0.15) is 0 Å². The van der Waals surface area contributed by atoms with Crippen molar-refractivity contribution in [2.45, 2.75) is 31.9 Å². The van der Waals surface area contributed by atoms with Crippen LogP contribution >= 0.6 is 36.4 Å². The van der Waals surface area contributed by atoms with Gasteiger partial charge in [0.1, 0.15) is 0 Å². The molecule has 3 N–H and O–H groups in total. The fourth-order valence-electron chi connectivity index (χ4n) is 3.02. The number of carbonyl (C=O) groups excluding carboxylic acids is 1. The van der Waals surface area contributed by atoms with Gasteiger partial charge in [-0.05, 0) is 43.5 Å². The number of piperidine rings is 1. The SMILES string of the molecule is COC(CN)CC(=O)NCC1CCN(Cc2ccccc2Cl)CC1.Cl.Cl. The molecule has 1 aliphatic rings. The minimum atomic E-state index is -0.192. The predicted molar refractivity (Wildman–Crippen MR) is 111 cm³/mol. The number of rotatable bonds is 8. The van der Waals surface area contributed by atoms with Crippen molar-refractivity contribution >= 4 is 42.3 Å². The lowest BCUT2D eigenvalue weighted by Crippen LogP contribution is -2.39. The maximum atomic E-state index is 11.9. The third-order valence-corrected chi connectivity index (χ3v) is 5.02. The number of halogens is 3. The maximum absolute atomic E-state index is 11.9. The second-order valence-corrected chi connectivity index (χ2v) is 6.82. The van der Waals surface area contributed by atoms with Crippen LogP contribution in [0, 0.1) is 5.92 Å². The van der Waals surface area contributed by atoms with Crippen molar-refractivity contribution < 1.29 is 9.53 Å². The highest BCUT2D eigenvalue weighted by Crippen LogP contribution is 2.21. The minimum Gasteiger partial charge on any atom is -0.380 e. The monoisotopic (exact) mass is 425 g/mol. The van der Waals surface area contributed by atoms with Gasteiger partial charge in [0.2, 0.25) is 5.91 Å². The summed E-state index contributed by atoms with van der Waals surface area (Å²) in [5, 5.41) is 3.84. The van der Waals surface area contributed by atoms with Crippen LogP contribution in [0.4, 0.5) is 0 Å². The molecule has 0 bridgehead atoms. The molecule has 1 saturated heterocycles. The van der Waals surface area contributed by atoms with Crippen LogP contribution in [0.1, 0.15) is 24.8 Å². The zero-order valence-corrected chi connectivity index (χ0v) is 17.5. The predicted octanol–water partition coefficient (Wildman–Crippen LogP) is 2.88. The first-order chi connectivity index (χ1) is 11.6. The summed E-state index contributed by atoms with van der Waals surface area (Å²) < 4.78 is 5.14. The standard InChI is InChI=1S/C18H28ClN3O2.2ClH/c1-24-16(11-20)10-18(23)21-12-14-6-8-22(9-7-14)13-15-4-2-3-5-17(15)19;;/h2-5,14,16H,6-13,20H2,1H3,(H,21,23);2*1H. The van der Waals surface area contributed by atoms with Gasteiger partial charge in [-0.3, -0.25) is 9.69 Å². The van der Waals surface area contributed by atoms with E-state index in [1.807, 2.05) is 18.2 Å². The molecular formula is C18H30Cl3N3O2. The zero-order valence-electron chi connectivity index (χ0n) is 15.2. The third-order valence-electron chi connectivity index (χ3n) is 4.66. The van der Waals surface area contributed by atoms with Gasteiger partial charge in [0.05, 0.1) is 12.5 Å². The second-order valence-electron chi connectivity index (χ2n) is 6.41. The number of nitrogens with two attached hydrogens (primary N) is 1. The number of hydrogen-bond acceptors (Lipinski definition) is 4. The normalized spacial score (nSPS) is 16.3. The minimum absolute atomic E-state index is 0. The molecule has 0 aromatic heterocycles. The van der Waals surface area contributed by atoms with Crippen LogP contribution in [0.3, 0.4) is 0 Å². The average molecular weight is 427 g/mol. The molecule has 5 nitrogen and oxygen atoms in total. The van der Waals surface area contributed by atoms with Gasteiger partial charge in [-0.15, -0.1) is 24.8 Å². The summed E-state index contributed by atoms with van der Waals surface area (Å²) in [4.78, 5) is 14.3. The Bertz CT molecular complexity index is 522. The lowest BCUT2D eigenvalue weighted by molar-refractivity contribution is -0.123. The van der Waals surface area contributed by atoms with E-state index in [2.05, 4.69) is 16.3 Å². The van der Waals surface area contributed by atoms with E-state index in [4.69, 9.17) is 22.1 Å². The Morgan fingerprint density at radius 2 is 2.00 bits per heavy atom. The largest absolute Gasteiger partial charge is 0.380 e. The highest BCUT2D eigenvalue weighted by molar-refractivity contribution is 6.31. The number of amides is 1. The summed E-state index contributed by atoms with van der Waals surface area (Å²) in [7, 11) is 1.58. The van der Waals surface area contributed by atoms with E-state index in [0.29, 0.717) is 18.9 Å². The molecule has 26 heavy (non-hydrogen) atoms. The van der Waals surface area contributed by atoms with Crippen molar-refractivity contribution in [2.24, 2.45) is 11.7 Å². The van der Waals surface area contributed by atoms with Crippen LogP contribution < -0.4 is 11.1 Å². The lowest BCUT2D eigenvalue weighted by Gasteiger charge is -2.32. The van der Waals surface area contributed by atoms with E-state index in [0.717, 1.165) is 44.0 Å². The number of hydrogen-bond donors (Lipinski definition) is 2. The summed E-state index contributed by atoms with van der Waals surface area (Å²) >= 11 is 6.23. The summed E-state index contributed by atoms with van der Waals surface area (Å²) in [5.41, 5.74) is 6.72. The number of likely N-dealkylation sites (tertiary alicyclic amines) is 1. The van der Waals surface area contributed by atoms with Gasteiger partial charge in [0.15, 0.2) is 0 Å². The van der Waals surface area contributed by atoms with Crippen LogP contribution in [0.15, 0.2) is 24.3 Å². The number of nitrogens with one attached hydrogen (secondary N) is 1. The first kappa shape index (κ1) is 25.4. The first-order valence-electron chi connectivity index (χ1n) is 8.57. The van der Waals surface area contributed by atoms with Crippen LogP contribution in [0.5, 0.6) is 0 Å². The van der Waals surface area contributed by atoms with Gasteiger partial charge in [-0.25, -0.2) is 0 Å². The summed E-state index contributed by atoms with van der Waals surface area (Å²) in [6, 6.07) is 8.00. The third kappa shape index (κ3) is 8.42. The Hall–Kier alpha value is -0.560. The average Bonchev–Trinajstić information content (AvgIpc) is 2.61. The van der Waals surface area contributed by atoms with Gasteiger partial charge in [-0.1, -0.05) is 29.8 Å². The van der Waals surface area contributed by atoms with Gasteiger partial charge < -0.3 is 15.8 Å². The highest BCUT2D eigenvalue weighted by atomic mass is 35.5. The first-order valence-corrected chi connectivity index (χ1v) is 8.95. The van der Waals surface area contributed by atoms with E-state index in [1.54, 1.807) is 7.11 Å². The number of ether oxygens (including phenoxy) is 1. The Kier molecular flexibility index (Phi) is 13.3. The molecule has 1 atom stereocenters. The number of nitrogens with zero attached hydrogens (tertiary/aromatic N) is 1. The molecule has 8 heteroatoms. The summed E-state index contributed by atoms with van der Waals surface area (Å²) in [5.74, 6) is 0.557. The molecule has 1 aromatic carbocycles. The molecule has 0 spiro atoms. The van der Waals surface area contributed by atoms with Gasteiger partial charge in [0, 0.05) is 31.8 Å². The van der Waals surface area contributed by atoms with Crippen molar-refractivity contribution in [2.75, 3.05) is 33.3 Å². The van der Waals surface area contributed by atoms with Crippen LogP contribution in [0.25, 0.3) is 0 Å². The van der Waals surface area contributed by atoms with E-state index < -0.39 is 0 Å². The Labute approximate surface area is 173 Å². The molecule has 1 aromatic rings. The molecule has 150 valence electrons. The van der Waals surface area contributed by atoms with Crippen molar-refractivity contribution in [1.29, 1.82) is 0 Å². The lowest BCUT2D eigenvalue weighted by atomic mass is 9.96. The zero-order chi connectivity index (χ0) is 17.4. The maximum Gasteiger partial charge on any atom is 0.222 e. The molecule has 0 aliphatic carbocycles. The molecular weight excluding hydrogens is 397 g/mol. The van der Waals surface area contributed by atoms with E-state index in [-0.39, 0.29) is 36.8 Å². The molecule has 1 fully saturated rings. The number of carbonyl (C=O) groups is 1. The van der Waals surface area contributed by atoms with Crippen molar-refractivity contribution in [1.82, 2.24) is 10.2 Å². The number of benzene rings is 1. The molecule has 1 unspecified atom stereocenters. The fraction of sp³-hybridized carbons (Fsp3) is 0.611. The molecule has 1 amide bonds. The highest BCUT2D eigenvalue weighted by Gasteiger charge is 2.20. The van der Waals surface area contributed by atoms with Crippen molar-refractivity contribution in [3.8, 4) is 0 Å². The molecule has 2 rings (SSSR count). The fourth-order valence-corrected chi connectivity index (χ4v) is 3.21. The van der Waals surface area contributed by atoms with Gasteiger partial charge >= 0.3 is 0 Å². The molecule has 0 saturated carbocycles. The molecule has 1 aliphatic heterocycles. The number of methoxy groups -OCH3 is 1. The van der Waals surface area contributed by atoms with Crippen LogP contribution in [-0.4, -0.2) is 50.2 Å². The molecule has 1 heterocycles.